The molecule has 1 aliphatic heterocycles. The van der Waals surface area contributed by atoms with Crippen molar-refractivity contribution in [3.8, 4) is 5.75 Å². The zero-order chi connectivity index (χ0) is 11.2. The smallest absolute Gasteiger partial charge is 0.121 e. The first-order chi connectivity index (χ1) is 7.72. The van der Waals surface area contributed by atoms with Gasteiger partial charge in [0.1, 0.15) is 5.75 Å². The molecule has 86 valence electrons. The first kappa shape index (κ1) is 9.82. The van der Waals surface area contributed by atoms with Crippen molar-refractivity contribution in [2.24, 2.45) is 5.41 Å². The van der Waals surface area contributed by atoms with Gasteiger partial charge in [-0.05, 0) is 25.0 Å². The Bertz CT molecular complexity index is 412. The van der Waals surface area contributed by atoms with Crippen LogP contribution in [0.2, 0.25) is 0 Å². The van der Waals surface area contributed by atoms with Gasteiger partial charge in [-0.25, -0.2) is 0 Å². The summed E-state index contributed by atoms with van der Waals surface area (Å²) >= 11 is 0. The Labute approximate surface area is 96.4 Å². The van der Waals surface area contributed by atoms with Crippen LogP contribution in [0.3, 0.4) is 0 Å². The number of hydrogen-bond donors (Lipinski definition) is 1. The zero-order valence-corrected chi connectivity index (χ0v) is 9.92. The molecule has 1 spiro atoms. The monoisotopic (exact) mass is 218 g/mol. The maximum absolute atomic E-state index is 5.28. The van der Waals surface area contributed by atoms with Crippen molar-refractivity contribution in [1.82, 2.24) is 0 Å². The lowest BCUT2D eigenvalue weighted by molar-refractivity contribution is 0.415. The van der Waals surface area contributed by atoms with E-state index in [-0.39, 0.29) is 0 Å². The van der Waals surface area contributed by atoms with Crippen LogP contribution in [0.1, 0.15) is 12.8 Å². The molecular formula is C13H18N2O. The molecule has 0 amide bonds. The van der Waals surface area contributed by atoms with Gasteiger partial charge in [0, 0.05) is 31.6 Å². The molecule has 3 nitrogen and oxygen atoms in total. The second kappa shape index (κ2) is 3.30. The number of ether oxygens (including phenoxy) is 1. The first-order valence-electron chi connectivity index (χ1n) is 5.86. The Morgan fingerprint density at radius 2 is 2.19 bits per heavy atom. The Morgan fingerprint density at radius 3 is 2.88 bits per heavy atom. The van der Waals surface area contributed by atoms with E-state index in [9.17, 15) is 0 Å². The predicted molar refractivity (Wildman–Crippen MR) is 66.4 cm³/mol. The maximum atomic E-state index is 5.28. The van der Waals surface area contributed by atoms with E-state index in [0.29, 0.717) is 5.41 Å². The van der Waals surface area contributed by atoms with E-state index in [1.165, 1.54) is 24.2 Å². The SMILES string of the molecule is COc1ccc2c(c1)N(C)CC1(CC1)CN2. The highest BCUT2D eigenvalue weighted by atomic mass is 16.5. The molecule has 3 heteroatoms. The summed E-state index contributed by atoms with van der Waals surface area (Å²) < 4.78 is 5.28. The molecule has 2 aliphatic rings. The second-order valence-corrected chi connectivity index (χ2v) is 5.09. The van der Waals surface area contributed by atoms with E-state index >= 15 is 0 Å². The van der Waals surface area contributed by atoms with Crippen LogP contribution < -0.4 is 15.0 Å². The highest BCUT2D eigenvalue weighted by Crippen LogP contribution is 2.49. The van der Waals surface area contributed by atoms with E-state index in [0.717, 1.165) is 18.8 Å². The molecule has 0 radical (unpaired) electrons. The Hall–Kier alpha value is -1.38. The van der Waals surface area contributed by atoms with Crippen molar-refractivity contribution in [1.29, 1.82) is 0 Å². The number of benzene rings is 1. The van der Waals surface area contributed by atoms with Crippen molar-refractivity contribution in [2.75, 3.05) is 37.5 Å². The van der Waals surface area contributed by atoms with Crippen molar-refractivity contribution in [3.05, 3.63) is 18.2 Å². The number of anilines is 2. The Kier molecular flexibility index (Phi) is 2.03. The lowest BCUT2D eigenvalue weighted by Crippen LogP contribution is -2.27. The van der Waals surface area contributed by atoms with E-state index in [2.05, 4.69) is 29.4 Å². The van der Waals surface area contributed by atoms with Crippen LogP contribution in [0.5, 0.6) is 5.75 Å². The van der Waals surface area contributed by atoms with Crippen molar-refractivity contribution in [2.45, 2.75) is 12.8 Å². The number of methoxy groups -OCH3 is 1. The van der Waals surface area contributed by atoms with Gasteiger partial charge >= 0.3 is 0 Å². The molecule has 16 heavy (non-hydrogen) atoms. The van der Waals surface area contributed by atoms with Gasteiger partial charge in [0.25, 0.3) is 0 Å². The molecule has 0 aromatic heterocycles. The summed E-state index contributed by atoms with van der Waals surface area (Å²) in [6.07, 6.45) is 2.71. The highest BCUT2D eigenvalue weighted by Gasteiger charge is 2.44. The van der Waals surface area contributed by atoms with Gasteiger partial charge in [0.15, 0.2) is 0 Å². The van der Waals surface area contributed by atoms with Gasteiger partial charge in [0.2, 0.25) is 0 Å². The minimum Gasteiger partial charge on any atom is -0.497 e. The second-order valence-electron chi connectivity index (χ2n) is 5.09. The standard InChI is InChI=1S/C13H18N2O/c1-15-9-13(5-6-13)8-14-11-4-3-10(16-2)7-12(11)15/h3-4,7,14H,5-6,8-9H2,1-2H3. The van der Waals surface area contributed by atoms with Gasteiger partial charge in [0.05, 0.1) is 18.5 Å². The molecule has 1 aromatic carbocycles. The maximum Gasteiger partial charge on any atom is 0.121 e. The third-order valence-electron chi connectivity index (χ3n) is 3.80. The van der Waals surface area contributed by atoms with Crippen molar-refractivity contribution >= 4 is 11.4 Å². The van der Waals surface area contributed by atoms with Gasteiger partial charge in [-0.2, -0.15) is 0 Å². The number of rotatable bonds is 1. The number of hydrogen-bond acceptors (Lipinski definition) is 3. The largest absolute Gasteiger partial charge is 0.497 e. The molecule has 0 saturated heterocycles. The molecule has 0 bridgehead atoms. The number of nitrogens with one attached hydrogen (secondary N) is 1. The van der Waals surface area contributed by atoms with Crippen LogP contribution in [0.25, 0.3) is 0 Å². The number of nitrogens with zero attached hydrogens (tertiary/aromatic N) is 1. The lowest BCUT2D eigenvalue weighted by atomic mass is 10.1. The molecule has 1 fully saturated rings. The zero-order valence-electron chi connectivity index (χ0n) is 9.92. The molecule has 1 heterocycles. The molecule has 1 aliphatic carbocycles. The van der Waals surface area contributed by atoms with Crippen LogP contribution in [-0.2, 0) is 0 Å². The summed E-state index contributed by atoms with van der Waals surface area (Å²) in [5.74, 6) is 0.930. The van der Waals surface area contributed by atoms with Crippen LogP contribution in [0.4, 0.5) is 11.4 Å². The quantitative estimate of drug-likeness (QED) is 0.783. The molecule has 1 aromatic rings. The van der Waals surface area contributed by atoms with Crippen molar-refractivity contribution in [3.63, 3.8) is 0 Å². The summed E-state index contributed by atoms with van der Waals surface area (Å²) in [4.78, 5) is 2.35. The Balaban J connectivity index is 1.96. The fraction of sp³-hybridized carbons (Fsp3) is 0.538. The highest BCUT2D eigenvalue weighted by molar-refractivity contribution is 5.73. The minimum absolute atomic E-state index is 0.529. The van der Waals surface area contributed by atoms with E-state index in [1.54, 1.807) is 7.11 Å². The van der Waals surface area contributed by atoms with Crippen LogP contribution >= 0.6 is 0 Å². The van der Waals surface area contributed by atoms with Crippen LogP contribution in [-0.4, -0.2) is 27.2 Å². The first-order valence-corrected chi connectivity index (χ1v) is 5.86. The third-order valence-corrected chi connectivity index (χ3v) is 3.80. The van der Waals surface area contributed by atoms with Crippen LogP contribution in [0, 0.1) is 5.41 Å². The average molecular weight is 218 g/mol. The van der Waals surface area contributed by atoms with Gasteiger partial charge in [-0.3, -0.25) is 0 Å². The summed E-state index contributed by atoms with van der Waals surface area (Å²) in [5.41, 5.74) is 3.01. The average Bonchev–Trinajstić information content (AvgIpc) is 3.07. The van der Waals surface area contributed by atoms with E-state index in [4.69, 9.17) is 4.74 Å². The van der Waals surface area contributed by atoms with Gasteiger partial charge in [-0.15, -0.1) is 0 Å². The van der Waals surface area contributed by atoms with Crippen LogP contribution in [0.15, 0.2) is 18.2 Å². The summed E-state index contributed by atoms with van der Waals surface area (Å²) in [6, 6.07) is 6.25. The summed E-state index contributed by atoms with van der Waals surface area (Å²) in [5, 5.41) is 3.56. The molecule has 0 atom stereocenters. The topological polar surface area (TPSA) is 24.5 Å². The molecule has 1 N–H and O–H groups in total. The summed E-state index contributed by atoms with van der Waals surface area (Å²) in [7, 11) is 3.89. The molecule has 3 rings (SSSR count). The fourth-order valence-electron chi connectivity index (χ4n) is 2.54. The predicted octanol–water partition coefficient (Wildman–Crippen LogP) is 2.34. The van der Waals surface area contributed by atoms with E-state index in [1.807, 2.05) is 6.07 Å². The van der Waals surface area contributed by atoms with Gasteiger partial charge in [-0.1, -0.05) is 0 Å². The lowest BCUT2D eigenvalue weighted by Gasteiger charge is -2.22. The fourth-order valence-corrected chi connectivity index (χ4v) is 2.54. The normalized spacial score (nSPS) is 21.0. The Morgan fingerprint density at radius 1 is 1.38 bits per heavy atom. The van der Waals surface area contributed by atoms with E-state index < -0.39 is 0 Å². The third kappa shape index (κ3) is 1.51. The van der Waals surface area contributed by atoms with Gasteiger partial charge < -0.3 is 15.0 Å². The summed E-state index contributed by atoms with van der Waals surface area (Å²) in [6.45, 7) is 2.26. The molecular weight excluding hydrogens is 200 g/mol. The minimum atomic E-state index is 0.529. The molecule has 1 saturated carbocycles. The van der Waals surface area contributed by atoms with Crippen molar-refractivity contribution < 1.29 is 4.74 Å². The molecule has 0 unspecified atom stereocenters. The number of fused-ring (bicyclic) bond motifs is 1.